The zero-order chi connectivity index (χ0) is 18.9. The van der Waals surface area contributed by atoms with Crippen molar-refractivity contribution in [1.29, 1.82) is 0 Å². The van der Waals surface area contributed by atoms with E-state index in [1.54, 1.807) is 0 Å². The third-order valence-corrected chi connectivity index (χ3v) is 5.88. The summed E-state index contributed by atoms with van der Waals surface area (Å²) in [7, 11) is 0. The van der Waals surface area contributed by atoms with E-state index in [2.05, 4.69) is 19.7 Å². The van der Waals surface area contributed by atoms with Crippen LogP contribution in [0, 0.1) is 0 Å². The van der Waals surface area contributed by atoms with E-state index in [9.17, 15) is 0 Å². The molecule has 7 heteroatoms. The second-order valence-corrected chi connectivity index (χ2v) is 7.81. The lowest BCUT2D eigenvalue weighted by Gasteiger charge is -2.18. The molecule has 0 amide bonds. The van der Waals surface area contributed by atoms with Crippen LogP contribution in [0.5, 0.6) is 0 Å². The van der Waals surface area contributed by atoms with E-state index in [0.29, 0.717) is 5.02 Å². The smallest absolute Gasteiger partial charge is 0.162 e. The van der Waals surface area contributed by atoms with Crippen LogP contribution in [0.15, 0.2) is 40.8 Å². The largest absolute Gasteiger partial charge is 0.460 e. The molecule has 5 rings (SSSR count). The molecule has 0 N–H and O–H groups in total. The number of halogens is 1. The molecular formula is C21H23ClN4O2. The molecule has 2 aliphatic rings. The van der Waals surface area contributed by atoms with Gasteiger partial charge in [0, 0.05) is 38.2 Å². The maximum atomic E-state index is 6.29. The molecule has 1 aromatic carbocycles. The van der Waals surface area contributed by atoms with Crippen molar-refractivity contribution >= 4 is 11.6 Å². The Kier molecular flexibility index (Phi) is 4.93. The Balaban J connectivity index is 1.27. The second kappa shape index (κ2) is 7.70. The first kappa shape index (κ1) is 17.9. The van der Waals surface area contributed by atoms with Gasteiger partial charge in [0.2, 0.25) is 0 Å². The monoisotopic (exact) mass is 398 g/mol. The quantitative estimate of drug-likeness (QED) is 0.662. The molecule has 1 atom stereocenters. The van der Waals surface area contributed by atoms with Gasteiger partial charge in [-0.2, -0.15) is 0 Å². The number of nitrogens with zero attached hydrogens (tertiary/aromatic N) is 4. The molecule has 1 unspecified atom stereocenters. The summed E-state index contributed by atoms with van der Waals surface area (Å²) < 4.78 is 14.2. The maximum absolute atomic E-state index is 6.29. The Labute approximate surface area is 169 Å². The highest BCUT2D eigenvalue weighted by molar-refractivity contribution is 6.33. The Morgan fingerprint density at radius 1 is 1.07 bits per heavy atom. The molecule has 0 spiro atoms. The topological polar surface area (TPSA) is 56.3 Å². The van der Waals surface area contributed by atoms with Crippen LogP contribution in [0.25, 0.3) is 11.3 Å². The van der Waals surface area contributed by atoms with Crippen LogP contribution in [-0.4, -0.2) is 39.4 Å². The highest BCUT2D eigenvalue weighted by Crippen LogP contribution is 2.30. The summed E-state index contributed by atoms with van der Waals surface area (Å²) in [5, 5.41) is 9.54. The highest BCUT2D eigenvalue weighted by Gasteiger charge is 2.27. The number of benzene rings is 1. The van der Waals surface area contributed by atoms with E-state index in [1.807, 2.05) is 36.4 Å². The van der Waals surface area contributed by atoms with Crippen molar-refractivity contribution in [2.24, 2.45) is 0 Å². The molecule has 0 aliphatic carbocycles. The minimum atomic E-state index is 0.107. The number of furan rings is 1. The Hall–Kier alpha value is -2.15. The number of ether oxygens (including phenoxy) is 1. The Morgan fingerprint density at radius 2 is 2.00 bits per heavy atom. The molecular weight excluding hydrogens is 376 g/mol. The lowest BCUT2D eigenvalue weighted by Crippen LogP contribution is -2.26. The van der Waals surface area contributed by atoms with Crippen LogP contribution >= 0.6 is 11.6 Å². The molecule has 0 saturated carbocycles. The van der Waals surface area contributed by atoms with Crippen LogP contribution in [0.4, 0.5) is 0 Å². The number of rotatable bonds is 4. The first-order valence-corrected chi connectivity index (χ1v) is 10.3. The molecule has 0 radical (unpaired) electrons. The van der Waals surface area contributed by atoms with Crippen LogP contribution in [0.3, 0.4) is 0 Å². The van der Waals surface area contributed by atoms with Crippen LogP contribution in [0.2, 0.25) is 5.02 Å². The molecule has 4 heterocycles. The van der Waals surface area contributed by atoms with Crippen LogP contribution < -0.4 is 0 Å². The van der Waals surface area contributed by atoms with E-state index < -0.39 is 0 Å². The molecule has 146 valence electrons. The predicted molar refractivity (Wildman–Crippen MR) is 106 cm³/mol. The molecule has 28 heavy (non-hydrogen) atoms. The molecule has 2 aromatic heterocycles. The minimum Gasteiger partial charge on any atom is -0.460 e. The number of hydrogen-bond donors (Lipinski definition) is 0. The summed E-state index contributed by atoms with van der Waals surface area (Å²) in [5.74, 6) is 3.82. The average Bonchev–Trinajstić information content (AvgIpc) is 3.43. The fraction of sp³-hybridized carbons (Fsp3) is 0.429. The summed E-state index contributed by atoms with van der Waals surface area (Å²) in [4.78, 5) is 2.41. The van der Waals surface area contributed by atoms with Crippen molar-refractivity contribution in [1.82, 2.24) is 19.7 Å². The maximum Gasteiger partial charge on any atom is 0.162 e. The van der Waals surface area contributed by atoms with Gasteiger partial charge >= 0.3 is 0 Å². The molecule has 3 aromatic rings. The Bertz CT molecular complexity index is 961. The van der Waals surface area contributed by atoms with Crippen molar-refractivity contribution in [3.05, 3.63) is 58.8 Å². The highest BCUT2D eigenvalue weighted by atomic mass is 35.5. The van der Waals surface area contributed by atoms with Crippen LogP contribution in [0.1, 0.15) is 36.4 Å². The zero-order valence-electron chi connectivity index (χ0n) is 15.7. The van der Waals surface area contributed by atoms with Crippen molar-refractivity contribution in [3.8, 4) is 11.3 Å². The fourth-order valence-corrected chi connectivity index (χ4v) is 4.28. The van der Waals surface area contributed by atoms with Crippen molar-refractivity contribution < 1.29 is 9.15 Å². The van der Waals surface area contributed by atoms with Gasteiger partial charge < -0.3 is 13.7 Å². The lowest BCUT2D eigenvalue weighted by atomic mass is 10.2. The van der Waals surface area contributed by atoms with Gasteiger partial charge in [0.05, 0.1) is 11.6 Å². The van der Waals surface area contributed by atoms with E-state index in [4.69, 9.17) is 20.8 Å². The first-order valence-electron chi connectivity index (χ1n) is 9.87. The predicted octanol–water partition coefficient (Wildman–Crippen LogP) is 4.10. The van der Waals surface area contributed by atoms with Gasteiger partial charge in [-0.05, 0) is 37.1 Å². The van der Waals surface area contributed by atoms with Crippen molar-refractivity contribution in [3.63, 3.8) is 0 Å². The molecule has 6 nitrogen and oxygen atoms in total. The third-order valence-electron chi connectivity index (χ3n) is 5.55. The molecule has 1 saturated heterocycles. The van der Waals surface area contributed by atoms with Gasteiger partial charge in [-0.25, -0.2) is 0 Å². The first-order chi connectivity index (χ1) is 13.8. The summed E-state index contributed by atoms with van der Waals surface area (Å²) in [6.07, 6.45) is 3.14. The van der Waals surface area contributed by atoms with Gasteiger partial charge in [0.1, 0.15) is 23.4 Å². The minimum absolute atomic E-state index is 0.107. The van der Waals surface area contributed by atoms with Gasteiger partial charge in [0.25, 0.3) is 0 Å². The normalized spacial score (nSPS) is 20.2. The van der Waals surface area contributed by atoms with Crippen molar-refractivity contribution in [2.45, 2.75) is 38.5 Å². The van der Waals surface area contributed by atoms with E-state index in [-0.39, 0.29) is 6.10 Å². The average molecular weight is 399 g/mol. The molecule has 1 fully saturated rings. The Morgan fingerprint density at radius 3 is 2.86 bits per heavy atom. The third kappa shape index (κ3) is 3.48. The van der Waals surface area contributed by atoms with Crippen LogP contribution in [-0.2, 0) is 24.2 Å². The standard InChI is InChI=1S/C21H23ClN4O2/c22-17-5-2-1-4-16(17)18-8-7-15(28-18)14-25-10-9-20-23-24-21(26(20)12-11-25)19-6-3-13-27-19/h1-2,4-5,7-8,19H,3,6,9-14H2. The number of fused-ring (bicyclic) bond motifs is 1. The lowest BCUT2D eigenvalue weighted by molar-refractivity contribution is 0.101. The van der Waals surface area contributed by atoms with Gasteiger partial charge in [-0.3, -0.25) is 4.90 Å². The van der Waals surface area contributed by atoms with Gasteiger partial charge in [-0.1, -0.05) is 23.7 Å². The molecule has 2 aliphatic heterocycles. The van der Waals surface area contributed by atoms with Gasteiger partial charge in [0.15, 0.2) is 5.82 Å². The zero-order valence-corrected chi connectivity index (χ0v) is 16.4. The SMILES string of the molecule is Clc1ccccc1-c1ccc(CN2CCc3nnc(C4CCCO4)n3CC2)o1. The second-order valence-electron chi connectivity index (χ2n) is 7.40. The summed E-state index contributed by atoms with van der Waals surface area (Å²) in [6, 6.07) is 11.8. The van der Waals surface area contributed by atoms with E-state index >= 15 is 0 Å². The van der Waals surface area contributed by atoms with E-state index in [1.165, 1.54) is 0 Å². The number of hydrogen-bond acceptors (Lipinski definition) is 5. The fourth-order valence-electron chi connectivity index (χ4n) is 4.06. The summed E-state index contributed by atoms with van der Waals surface area (Å²) >= 11 is 6.29. The number of aromatic nitrogens is 3. The summed E-state index contributed by atoms with van der Waals surface area (Å²) in [6.45, 7) is 4.36. The van der Waals surface area contributed by atoms with E-state index in [0.717, 1.165) is 80.8 Å². The molecule has 0 bridgehead atoms. The summed E-state index contributed by atoms with van der Waals surface area (Å²) in [5.41, 5.74) is 0.929. The van der Waals surface area contributed by atoms with Gasteiger partial charge in [-0.15, -0.1) is 10.2 Å². The van der Waals surface area contributed by atoms with Crippen molar-refractivity contribution in [2.75, 3.05) is 19.7 Å².